The maximum atomic E-state index is 12.5. The fourth-order valence-corrected chi connectivity index (χ4v) is 3.90. The monoisotopic (exact) mass is 299 g/mol. The molecule has 0 spiro atoms. The highest BCUT2D eigenvalue weighted by molar-refractivity contribution is 7.92. The molecule has 0 saturated carbocycles. The standard InChI is InChI=1S/C13H17NO5S/c1-4-10(12(14)15)20(18,19)11-6-9(13(16)17)5-7(2)8(11)3/h5-6,10H,4H2,1-3H3,(H2,14,15)(H,16,17). The quantitative estimate of drug-likeness (QED) is 0.843. The minimum Gasteiger partial charge on any atom is -0.478 e. The summed E-state index contributed by atoms with van der Waals surface area (Å²) in [4.78, 5) is 22.2. The van der Waals surface area contributed by atoms with E-state index in [0.717, 1.165) is 6.07 Å². The average molecular weight is 299 g/mol. The van der Waals surface area contributed by atoms with Crippen LogP contribution in [0.1, 0.15) is 34.8 Å². The summed E-state index contributed by atoms with van der Waals surface area (Å²) >= 11 is 0. The maximum Gasteiger partial charge on any atom is 0.335 e. The first-order valence-corrected chi connectivity index (χ1v) is 7.55. The molecular formula is C13H17NO5S. The lowest BCUT2D eigenvalue weighted by Crippen LogP contribution is -2.35. The summed E-state index contributed by atoms with van der Waals surface area (Å²) in [6.07, 6.45) is 0.0352. The van der Waals surface area contributed by atoms with Gasteiger partial charge in [0, 0.05) is 0 Å². The number of carbonyl (C=O) groups excluding carboxylic acids is 1. The van der Waals surface area contributed by atoms with Gasteiger partial charge in [-0.25, -0.2) is 13.2 Å². The van der Waals surface area contributed by atoms with Crippen molar-refractivity contribution in [2.24, 2.45) is 5.73 Å². The number of primary amides is 1. The third-order valence-corrected chi connectivity index (χ3v) is 5.59. The third kappa shape index (κ3) is 2.82. The normalized spacial score (nSPS) is 12.9. The number of rotatable bonds is 5. The van der Waals surface area contributed by atoms with Crippen LogP contribution in [0.15, 0.2) is 17.0 Å². The fraction of sp³-hybridized carbons (Fsp3) is 0.385. The summed E-state index contributed by atoms with van der Waals surface area (Å²) in [5.41, 5.74) is 5.94. The third-order valence-electron chi connectivity index (χ3n) is 3.24. The number of aromatic carboxylic acids is 1. The number of sulfone groups is 1. The van der Waals surface area contributed by atoms with Gasteiger partial charge in [-0.2, -0.15) is 0 Å². The molecule has 0 aliphatic rings. The van der Waals surface area contributed by atoms with E-state index in [2.05, 4.69) is 0 Å². The first-order chi connectivity index (χ1) is 9.12. The van der Waals surface area contributed by atoms with Crippen molar-refractivity contribution in [2.75, 3.05) is 0 Å². The Kier molecular flexibility index (Phi) is 4.54. The number of hydrogen-bond acceptors (Lipinski definition) is 4. The summed E-state index contributed by atoms with van der Waals surface area (Å²) < 4.78 is 24.9. The highest BCUT2D eigenvalue weighted by Crippen LogP contribution is 2.26. The molecule has 0 radical (unpaired) electrons. The van der Waals surface area contributed by atoms with Crippen LogP contribution >= 0.6 is 0 Å². The van der Waals surface area contributed by atoms with E-state index in [1.165, 1.54) is 13.0 Å². The minimum absolute atomic E-state index is 0.0352. The van der Waals surface area contributed by atoms with Crippen LogP contribution in [0.4, 0.5) is 0 Å². The fourth-order valence-electron chi connectivity index (χ4n) is 1.97. The zero-order valence-electron chi connectivity index (χ0n) is 11.5. The van der Waals surface area contributed by atoms with E-state index in [4.69, 9.17) is 10.8 Å². The summed E-state index contributed by atoms with van der Waals surface area (Å²) in [5.74, 6) is -2.16. The zero-order valence-corrected chi connectivity index (χ0v) is 12.3. The number of nitrogens with two attached hydrogens (primary N) is 1. The van der Waals surface area contributed by atoms with Crippen LogP contribution in [0.2, 0.25) is 0 Å². The second-order valence-corrected chi connectivity index (χ2v) is 6.66. The van der Waals surface area contributed by atoms with E-state index < -0.39 is 27.0 Å². The van der Waals surface area contributed by atoms with Gasteiger partial charge < -0.3 is 10.8 Å². The summed E-state index contributed by atoms with van der Waals surface area (Å²) in [6.45, 7) is 4.73. The Labute approximate surface area is 117 Å². The van der Waals surface area contributed by atoms with Crippen LogP contribution in [-0.4, -0.2) is 30.7 Å². The molecule has 1 aromatic carbocycles. The van der Waals surface area contributed by atoms with E-state index in [9.17, 15) is 18.0 Å². The molecule has 0 saturated heterocycles. The van der Waals surface area contributed by atoms with Gasteiger partial charge in [0.05, 0.1) is 10.5 Å². The van der Waals surface area contributed by atoms with Crippen molar-refractivity contribution in [3.8, 4) is 0 Å². The highest BCUT2D eigenvalue weighted by atomic mass is 32.2. The zero-order chi connectivity index (χ0) is 15.7. The first-order valence-electron chi connectivity index (χ1n) is 6.00. The SMILES string of the molecule is CCC(C(N)=O)S(=O)(=O)c1cc(C(=O)O)cc(C)c1C. The topological polar surface area (TPSA) is 115 Å². The van der Waals surface area contributed by atoms with Gasteiger partial charge in [0.1, 0.15) is 5.25 Å². The van der Waals surface area contributed by atoms with Gasteiger partial charge in [-0.15, -0.1) is 0 Å². The first kappa shape index (κ1) is 16.2. The number of carboxylic acids is 1. The highest BCUT2D eigenvalue weighted by Gasteiger charge is 2.33. The van der Waals surface area contributed by atoms with Crippen molar-refractivity contribution >= 4 is 21.7 Å². The van der Waals surface area contributed by atoms with Gasteiger partial charge in [0.15, 0.2) is 9.84 Å². The molecule has 0 aliphatic heterocycles. The van der Waals surface area contributed by atoms with E-state index in [0.29, 0.717) is 11.1 Å². The molecule has 0 aliphatic carbocycles. The lowest BCUT2D eigenvalue weighted by molar-refractivity contribution is -0.117. The number of amides is 1. The van der Waals surface area contributed by atoms with Gasteiger partial charge in [0.25, 0.3) is 0 Å². The molecule has 1 atom stereocenters. The Hall–Kier alpha value is -1.89. The molecule has 0 bridgehead atoms. The molecule has 6 nitrogen and oxygen atoms in total. The second kappa shape index (κ2) is 5.62. The Balaban J connectivity index is 3.60. The predicted octanol–water partition coefficient (Wildman–Crippen LogP) is 1.04. The molecule has 1 rings (SSSR count). The molecule has 110 valence electrons. The van der Waals surface area contributed by atoms with E-state index in [1.807, 2.05) is 0 Å². The molecule has 1 aromatic rings. The second-order valence-electron chi connectivity index (χ2n) is 4.57. The van der Waals surface area contributed by atoms with Gasteiger partial charge in [-0.1, -0.05) is 6.92 Å². The van der Waals surface area contributed by atoms with E-state index in [1.54, 1.807) is 13.8 Å². The number of carboxylic acid groups (broad SMARTS) is 1. The van der Waals surface area contributed by atoms with Crippen molar-refractivity contribution in [3.63, 3.8) is 0 Å². The predicted molar refractivity (Wildman–Crippen MR) is 73.3 cm³/mol. The van der Waals surface area contributed by atoms with Crippen LogP contribution in [0.25, 0.3) is 0 Å². The number of hydrogen-bond donors (Lipinski definition) is 2. The van der Waals surface area contributed by atoms with Crippen LogP contribution in [0, 0.1) is 13.8 Å². The average Bonchev–Trinajstić information content (AvgIpc) is 2.31. The molecule has 0 aromatic heterocycles. The van der Waals surface area contributed by atoms with Gasteiger partial charge in [-0.3, -0.25) is 4.79 Å². The Bertz CT molecular complexity index is 664. The molecular weight excluding hydrogens is 282 g/mol. The largest absolute Gasteiger partial charge is 0.478 e. The van der Waals surface area contributed by atoms with Crippen LogP contribution in [0.5, 0.6) is 0 Å². The minimum atomic E-state index is -4.00. The van der Waals surface area contributed by atoms with Gasteiger partial charge in [-0.05, 0) is 43.5 Å². The number of aryl methyl sites for hydroxylation is 1. The summed E-state index contributed by atoms with van der Waals surface area (Å²) in [6, 6.07) is 2.47. The van der Waals surface area contributed by atoms with Crippen molar-refractivity contribution in [2.45, 2.75) is 37.3 Å². The molecule has 7 heteroatoms. The van der Waals surface area contributed by atoms with Gasteiger partial charge in [0.2, 0.25) is 5.91 Å². The molecule has 20 heavy (non-hydrogen) atoms. The van der Waals surface area contributed by atoms with Crippen LogP contribution in [0.3, 0.4) is 0 Å². The molecule has 3 N–H and O–H groups in total. The summed E-state index contributed by atoms with van der Waals surface area (Å²) in [7, 11) is -4.00. The molecule has 1 amide bonds. The van der Waals surface area contributed by atoms with Crippen LogP contribution < -0.4 is 5.73 Å². The van der Waals surface area contributed by atoms with Crippen molar-refractivity contribution in [1.82, 2.24) is 0 Å². The Morgan fingerprint density at radius 2 is 1.85 bits per heavy atom. The maximum absolute atomic E-state index is 12.5. The smallest absolute Gasteiger partial charge is 0.335 e. The number of carbonyl (C=O) groups is 2. The van der Waals surface area contributed by atoms with E-state index >= 15 is 0 Å². The Morgan fingerprint density at radius 1 is 1.30 bits per heavy atom. The lowest BCUT2D eigenvalue weighted by atomic mass is 10.1. The Morgan fingerprint density at radius 3 is 2.25 bits per heavy atom. The molecule has 0 heterocycles. The lowest BCUT2D eigenvalue weighted by Gasteiger charge is -2.16. The van der Waals surface area contributed by atoms with Crippen molar-refractivity contribution in [1.29, 1.82) is 0 Å². The molecule has 1 unspecified atom stereocenters. The molecule has 0 fully saturated rings. The van der Waals surface area contributed by atoms with Crippen molar-refractivity contribution < 1.29 is 23.1 Å². The summed E-state index contributed by atoms with van der Waals surface area (Å²) in [5, 5.41) is 7.65. The van der Waals surface area contributed by atoms with Crippen LogP contribution in [-0.2, 0) is 14.6 Å². The number of benzene rings is 1. The van der Waals surface area contributed by atoms with Crippen molar-refractivity contribution in [3.05, 3.63) is 28.8 Å². The van der Waals surface area contributed by atoms with Gasteiger partial charge >= 0.3 is 5.97 Å². The van der Waals surface area contributed by atoms with E-state index in [-0.39, 0.29) is 16.9 Å².